The summed E-state index contributed by atoms with van der Waals surface area (Å²) in [6.07, 6.45) is 0. The third-order valence-corrected chi connectivity index (χ3v) is 6.85. The summed E-state index contributed by atoms with van der Waals surface area (Å²) in [6, 6.07) is 7.71. The molecular formula is C18H25N4O5S+. The zero-order valence-corrected chi connectivity index (χ0v) is 17.0. The standard InChI is InChI=1S/C18H24N4O5S/c1-14-4-5-15(27-14)13-20(3)17-7-6-16(12-18(17)22(23)24)28(25,26)21-10-8-19(2)9-11-21/h4-7,12H,8-11,13H2,1-3H3/p+1. The van der Waals surface area contributed by atoms with Gasteiger partial charge in [-0.15, -0.1) is 0 Å². The molecule has 1 aliphatic rings. The van der Waals surface area contributed by atoms with Crippen LogP contribution in [0.1, 0.15) is 11.5 Å². The first kappa shape index (κ1) is 20.3. The molecule has 0 amide bonds. The molecule has 2 heterocycles. The molecule has 1 fully saturated rings. The topological polar surface area (TPSA) is 101 Å². The highest BCUT2D eigenvalue weighted by Gasteiger charge is 2.31. The summed E-state index contributed by atoms with van der Waals surface area (Å²) < 4.78 is 32.7. The van der Waals surface area contributed by atoms with Crippen LogP contribution in [0.15, 0.2) is 39.6 Å². The minimum atomic E-state index is -3.76. The number of benzene rings is 1. The van der Waals surface area contributed by atoms with Crippen molar-refractivity contribution in [3.8, 4) is 0 Å². The molecule has 10 heteroatoms. The summed E-state index contributed by atoms with van der Waals surface area (Å²) in [7, 11) is -0.0412. The fourth-order valence-corrected chi connectivity index (χ4v) is 4.74. The number of rotatable bonds is 6. The van der Waals surface area contributed by atoms with Crippen molar-refractivity contribution in [1.29, 1.82) is 0 Å². The quantitative estimate of drug-likeness (QED) is 0.555. The third kappa shape index (κ3) is 4.18. The maximum absolute atomic E-state index is 12.9. The van der Waals surface area contributed by atoms with E-state index in [1.807, 2.05) is 26.1 Å². The van der Waals surface area contributed by atoms with Crippen LogP contribution in [0.4, 0.5) is 11.4 Å². The number of hydrogen-bond acceptors (Lipinski definition) is 6. The summed E-state index contributed by atoms with van der Waals surface area (Å²) >= 11 is 0. The number of sulfonamides is 1. The van der Waals surface area contributed by atoms with Gasteiger partial charge in [0.25, 0.3) is 5.69 Å². The summed E-state index contributed by atoms with van der Waals surface area (Å²) in [6.45, 7) is 4.39. The summed E-state index contributed by atoms with van der Waals surface area (Å²) in [5.74, 6) is 1.43. The molecule has 1 aromatic carbocycles. The maximum atomic E-state index is 12.9. The van der Waals surface area contributed by atoms with Gasteiger partial charge in [0.05, 0.1) is 49.6 Å². The number of nitrogens with one attached hydrogen (secondary N) is 1. The molecular weight excluding hydrogens is 384 g/mol. The fourth-order valence-electron chi connectivity index (χ4n) is 3.28. The lowest BCUT2D eigenvalue weighted by Crippen LogP contribution is -3.12. The van der Waals surface area contributed by atoms with Crippen molar-refractivity contribution in [3.63, 3.8) is 0 Å². The fraction of sp³-hybridized carbons (Fsp3) is 0.444. The Morgan fingerprint density at radius 1 is 1.25 bits per heavy atom. The van der Waals surface area contributed by atoms with Crippen molar-refractivity contribution in [3.05, 3.63) is 52.0 Å². The minimum Gasteiger partial charge on any atom is -0.464 e. The first-order valence-electron chi connectivity index (χ1n) is 9.05. The second-order valence-electron chi connectivity index (χ2n) is 7.14. The van der Waals surface area contributed by atoms with Crippen LogP contribution >= 0.6 is 0 Å². The van der Waals surface area contributed by atoms with Gasteiger partial charge in [-0.3, -0.25) is 10.1 Å². The first-order valence-corrected chi connectivity index (χ1v) is 10.5. The SMILES string of the molecule is Cc1ccc(CN(C)c2ccc(S(=O)(=O)N3CC[NH+](C)CC3)cc2[N+](=O)[O-])o1. The van der Waals surface area contributed by atoms with Crippen molar-refractivity contribution in [2.75, 3.05) is 45.2 Å². The van der Waals surface area contributed by atoms with Gasteiger partial charge < -0.3 is 14.2 Å². The number of hydrogen-bond donors (Lipinski definition) is 1. The molecule has 0 bridgehead atoms. The highest BCUT2D eigenvalue weighted by molar-refractivity contribution is 7.89. The van der Waals surface area contributed by atoms with Crippen LogP contribution in [0.5, 0.6) is 0 Å². The second kappa shape index (κ2) is 7.90. The number of likely N-dealkylation sites (N-methyl/N-ethyl adjacent to an activating group) is 1. The van der Waals surface area contributed by atoms with Crippen LogP contribution in [0.3, 0.4) is 0 Å². The second-order valence-corrected chi connectivity index (χ2v) is 9.08. The van der Waals surface area contributed by atoms with Crippen LogP contribution in [-0.2, 0) is 16.6 Å². The van der Waals surface area contributed by atoms with E-state index in [2.05, 4.69) is 0 Å². The van der Waals surface area contributed by atoms with Crippen LogP contribution < -0.4 is 9.80 Å². The average molecular weight is 409 g/mol. The van der Waals surface area contributed by atoms with E-state index in [-0.39, 0.29) is 10.6 Å². The zero-order valence-electron chi connectivity index (χ0n) is 16.2. The van der Waals surface area contributed by atoms with Crippen LogP contribution in [0, 0.1) is 17.0 Å². The monoisotopic (exact) mass is 409 g/mol. The van der Waals surface area contributed by atoms with Gasteiger partial charge in [0.15, 0.2) is 0 Å². The highest BCUT2D eigenvalue weighted by Crippen LogP contribution is 2.32. The molecule has 1 aliphatic heterocycles. The Morgan fingerprint density at radius 3 is 2.50 bits per heavy atom. The lowest BCUT2D eigenvalue weighted by Gasteiger charge is -2.29. The number of anilines is 1. The van der Waals surface area contributed by atoms with E-state index in [0.29, 0.717) is 44.2 Å². The molecule has 2 aromatic rings. The Balaban J connectivity index is 1.89. The van der Waals surface area contributed by atoms with Crippen molar-refractivity contribution < 1.29 is 22.7 Å². The molecule has 0 atom stereocenters. The molecule has 0 spiro atoms. The number of quaternary nitrogens is 1. The molecule has 0 radical (unpaired) electrons. The first-order chi connectivity index (χ1) is 13.2. The minimum absolute atomic E-state index is 0.0512. The van der Waals surface area contributed by atoms with Gasteiger partial charge in [-0.1, -0.05) is 0 Å². The summed E-state index contributed by atoms with van der Waals surface area (Å²) in [4.78, 5) is 14.0. The van der Waals surface area contributed by atoms with Gasteiger partial charge in [0.1, 0.15) is 17.2 Å². The number of aryl methyl sites for hydroxylation is 1. The Bertz CT molecular complexity index is 964. The number of piperazine rings is 1. The molecule has 0 unspecified atom stereocenters. The van der Waals surface area contributed by atoms with Crippen molar-refractivity contribution >= 4 is 21.4 Å². The Morgan fingerprint density at radius 2 is 1.93 bits per heavy atom. The van der Waals surface area contributed by atoms with Crippen LogP contribution in [0.2, 0.25) is 0 Å². The van der Waals surface area contributed by atoms with Gasteiger partial charge in [-0.05, 0) is 31.2 Å². The Kier molecular flexibility index (Phi) is 5.73. The maximum Gasteiger partial charge on any atom is 0.293 e. The van der Waals surface area contributed by atoms with E-state index < -0.39 is 14.9 Å². The van der Waals surface area contributed by atoms with E-state index in [1.165, 1.54) is 21.3 Å². The normalized spacial score (nSPS) is 16.2. The molecule has 3 rings (SSSR count). The van der Waals surface area contributed by atoms with Crippen LogP contribution in [-0.4, -0.2) is 57.9 Å². The van der Waals surface area contributed by atoms with Crippen molar-refractivity contribution in [2.24, 2.45) is 0 Å². The Hall–Kier alpha value is -2.43. The lowest BCUT2D eigenvalue weighted by molar-refractivity contribution is -0.883. The predicted octanol–water partition coefficient (Wildman–Crippen LogP) is 0.652. The molecule has 9 nitrogen and oxygen atoms in total. The van der Waals surface area contributed by atoms with Crippen LogP contribution in [0.25, 0.3) is 0 Å². The zero-order chi connectivity index (χ0) is 20.5. The third-order valence-electron chi connectivity index (χ3n) is 4.96. The summed E-state index contributed by atoms with van der Waals surface area (Å²) in [5, 5.41) is 11.6. The van der Waals surface area contributed by atoms with E-state index in [1.54, 1.807) is 11.9 Å². The average Bonchev–Trinajstić information content (AvgIpc) is 3.06. The predicted molar refractivity (Wildman–Crippen MR) is 104 cm³/mol. The van der Waals surface area contributed by atoms with Crippen molar-refractivity contribution in [2.45, 2.75) is 18.4 Å². The largest absolute Gasteiger partial charge is 0.464 e. The number of nitro benzene ring substituents is 1. The van der Waals surface area contributed by atoms with E-state index in [9.17, 15) is 18.5 Å². The molecule has 152 valence electrons. The number of nitro groups is 1. The lowest BCUT2D eigenvalue weighted by atomic mass is 10.2. The van der Waals surface area contributed by atoms with E-state index >= 15 is 0 Å². The Labute approximate surface area is 164 Å². The molecule has 1 aromatic heterocycles. The van der Waals surface area contributed by atoms with E-state index in [4.69, 9.17) is 4.42 Å². The van der Waals surface area contributed by atoms with Gasteiger partial charge in [0, 0.05) is 13.1 Å². The van der Waals surface area contributed by atoms with Gasteiger partial charge >= 0.3 is 0 Å². The van der Waals surface area contributed by atoms with Crippen molar-refractivity contribution in [1.82, 2.24) is 4.31 Å². The molecule has 1 saturated heterocycles. The van der Waals surface area contributed by atoms with Gasteiger partial charge in [-0.2, -0.15) is 4.31 Å². The van der Waals surface area contributed by atoms with E-state index in [0.717, 1.165) is 11.8 Å². The molecule has 28 heavy (non-hydrogen) atoms. The molecule has 0 saturated carbocycles. The molecule has 0 aliphatic carbocycles. The molecule has 1 N–H and O–H groups in total. The van der Waals surface area contributed by atoms with Gasteiger partial charge in [-0.25, -0.2) is 8.42 Å². The smallest absolute Gasteiger partial charge is 0.293 e. The summed E-state index contributed by atoms with van der Waals surface area (Å²) in [5.41, 5.74) is 0.0902. The highest BCUT2D eigenvalue weighted by atomic mass is 32.2. The number of furan rings is 1. The van der Waals surface area contributed by atoms with Gasteiger partial charge in [0.2, 0.25) is 10.0 Å². The number of nitrogens with zero attached hydrogens (tertiary/aromatic N) is 3.